The van der Waals surface area contributed by atoms with Gasteiger partial charge in [0.1, 0.15) is 34.7 Å². The van der Waals surface area contributed by atoms with Crippen molar-refractivity contribution in [1.82, 2.24) is 0 Å². The number of carbonyl (C=O) groups excluding carboxylic acids is 2. The first kappa shape index (κ1) is 20.9. The van der Waals surface area contributed by atoms with Gasteiger partial charge in [0.05, 0.1) is 5.56 Å². The van der Waals surface area contributed by atoms with Crippen molar-refractivity contribution >= 4 is 23.6 Å². The maximum atomic E-state index is 13.8. The normalized spacial score (nSPS) is 12.0. The summed E-state index contributed by atoms with van der Waals surface area (Å²) in [4.78, 5) is 23.9. The van der Waals surface area contributed by atoms with Crippen LogP contribution in [0.15, 0.2) is 65.1 Å². The standard InChI is InChI=1S/C22H16F3NO4/c1-13(22(28)26-21-17(24)7-4-8-18(21)25)29-20(27)12-10-14-9-11-19(30-14)15-5-2-3-6-16(15)23/h2-13H,1H3,(H,26,28)/b12-10+/t13-/m1/s1. The topological polar surface area (TPSA) is 68.5 Å². The molecule has 3 rings (SSSR count). The fraction of sp³-hybridized carbons (Fsp3) is 0.0909. The Morgan fingerprint density at radius 3 is 2.33 bits per heavy atom. The Morgan fingerprint density at radius 2 is 1.63 bits per heavy atom. The summed E-state index contributed by atoms with van der Waals surface area (Å²) in [5.74, 6) is -3.60. The van der Waals surface area contributed by atoms with E-state index in [0.29, 0.717) is 0 Å². The van der Waals surface area contributed by atoms with Crippen molar-refractivity contribution in [1.29, 1.82) is 0 Å². The summed E-state index contributed by atoms with van der Waals surface area (Å²) in [6.45, 7) is 1.25. The van der Waals surface area contributed by atoms with Crippen molar-refractivity contribution < 1.29 is 31.9 Å². The van der Waals surface area contributed by atoms with E-state index in [4.69, 9.17) is 9.15 Å². The second-order valence-corrected chi connectivity index (χ2v) is 6.18. The van der Waals surface area contributed by atoms with Crippen molar-refractivity contribution in [2.24, 2.45) is 0 Å². The third-order valence-electron chi connectivity index (χ3n) is 4.02. The number of halogens is 3. The van der Waals surface area contributed by atoms with Gasteiger partial charge in [-0.25, -0.2) is 18.0 Å². The lowest BCUT2D eigenvalue weighted by atomic mass is 10.1. The molecule has 1 aromatic heterocycles. The summed E-state index contributed by atoms with van der Waals surface area (Å²) in [5.41, 5.74) is -0.359. The summed E-state index contributed by atoms with van der Waals surface area (Å²) in [5, 5.41) is 2.04. The summed E-state index contributed by atoms with van der Waals surface area (Å²) >= 11 is 0. The van der Waals surface area contributed by atoms with Crippen molar-refractivity contribution in [2.75, 3.05) is 5.32 Å². The summed E-state index contributed by atoms with van der Waals surface area (Å²) in [7, 11) is 0. The Bertz CT molecular complexity index is 1090. The maximum Gasteiger partial charge on any atom is 0.331 e. The average Bonchev–Trinajstić information content (AvgIpc) is 3.18. The number of nitrogens with one attached hydrogen (secondary N) is 1. The molecule has 0 aliphatic carbocycles. The molecule has 0 radical (unpaired) electrons. The highest BCUT2D eigenvalue weighted by atomic mass is 19.1. The van der Waals surface area contributed by atoms with Gasteiger partial charge in [-0.1, -0.05) is 18.2 Å². The minimum atomic E-state index is -1.31. The molecule has 8 heteroatoms. The van der Waals surface area contributed by atoms with Gasteiger partial charge in [-0.3, -0.25) is 4.79 Å². The predicted molar refractivity (Wildman–Crippen MR) is 104 cm³/mol. The second-order valence-electron chi connectivity index (χ2n) is 6.18. The third-order valence-corrected chi connectivity index (χ3v) is 4.02. The Hall–Kier alpha value is -3.81. The maximum absolute atomic E-state index is 13.8. The van der Waals surface area contributed by atoms with Gasteiger partial charge >= 0.3 is 5.97 Å². The molecule has 1 atom stereocenters. The summed E-state index contributed by atoms with van der Waals surface area (Å²) in [6.07, 6.45) is 0.984. The van der Waals surface area contributed by atoms with E-state index >= 15 is 0 Å². The highest BCUT2D eigenvalue weighted by Gasteiger charge is 2.20. The van der Waals surface area contributed by atoms with Gasteiger partial charge in [-0.15, -0.1) is 0 Å². The van der Waals surface area contributed by atoms with Crippen molar-refractivity contribution in [3.05, 3.63) is 83.9 Å². The summed E-state index contributed by atoms with van der Waals surface area (Å²) < 4.78 is 51.3. The zero-order valence-electron chi connectivity index (χ0n) is 15.7. The first-order valence-corrected chi connectivity index (χ1v) is 8.83. The Morgan fingerprint density at radius 1 is 0.967 bits per heavy atom. The van der Waals surface area contributed by atoms with Crippen LogP contribution >= 0.6 is 0 Å². The molecule has 0 fully saturated rings. The van der Waals surface area contributed by atoms with E-state index in [1.165, 1.54) is 25.1 Å². The molecule has 5 nitrogen and oxygen atoms in total. The van der Waals surface area contributed by atoms with Crippen LogP contribution in [0.4, 0.5) is 18.9 Å². The van der Waals surface area contributed by atoms with Gasteiger partial charge in [0.15, 0.2) is 6.10 Å². The van der Waals surface area contributed by atoms with Crippen LogP contribution in [0.5, 0.6) is 0 Å². The number of ether oxygens (including phenoxy) is 1. The predicted octanol–water partition coefficient (Wildman–Crippen LogP) is 4.95. The molecule has 30 heavy (non-hydrogen) atoms. The first-order valence-electron chi connectivity index (χ1n) is 8.83. The minimum absolute atomic E-state index is 0.260. The van der Waals surface area contributed by atoms with Crippen LogP contribution < -0.4 is 5.32 Å². The van der Waals surface area contributed by atoms with Gasteiger partial charge in [-0.2, -0.15) is 0 Å². The van der Waals surface area contributed by atoms with Crippen molar-refractivity contribution in [2.45, 2.75) is 13.0 Å². The molecule has 0 unspecified atom stereocenters. The number of amides is 1. The van der Waals surface area contributed by atoms with E-state index in [1.54, 1.807) is 24.3 Å². The molecule has 1 heterocycles. The minimum Gasteiger partial charge on any atom is -0.457 e. The van der Waals surface area contributed by atoms with E-state index in [2.05, 4.69) is 0 Å². The molecule has 0 spiro atoms. The zero-order chi connectivity index (χ0) is 21.7. The number of benzene rings is 2. The number of hydrogen-bond acceptors (Lipinski definition) is 4. The van der Waals surface area contributed by atoms with Crippen molar-refractivity contribution in [3.63, 3.8) is 0 Å². The van der Waals surface area contributed by atoms with Gasteiger partial charge in [0.2, 0.25) is 0 Å². The highest BCUT2D eigenvalue weighted by molar-refractivity contribution is 5.96. The molecule has 3 aromatic rings. The number of esters is 1. The average molecular weight is 415 g/mol. The van der Waals surface area contributed by atoms with Crippen LogP contribution in [0.2, 0.25) is 0 Å². The quantitative estimate of drug-likeness (QED) is 0.457. The monoisotopic (exact) mass is 415 g/mol. The summed E-state index contributed by atoms with van der Waals surface area (Å²) in [6, 6.07) is 12.3. The second kappa shape index (κ2) is 9.13. The van der Waals surface area contributed by atoms with E-state index in [0.717, 1.165) is 24.3 Å². The van der Waals surface area contributed by atoms with Gasteiger partial charge < -0.3 is 14.5 Å². The third kappa shape index (κ3) is 4.96. The molecular weight excluding hydrogens is 399 g/mol. The van der Waals surface area contributed by atoms with E-state index in [9.17, 15) is 22.8 Å². The van der Waals surface area contributed by atoms with E-state index in [-0.39, 0.29) is 17.1 Å². The molecule has 1 N–H and O–H groups in total. The zero-order valence-corrected chi connectivity index (χ0v) is 15.7. The lowest BCUT2D eigenvalue weighted by molar-refractivity contribution is -0.148. The molecule has 2 aromatic carbocycles. The molecule has 154 valence electrons. The Kier molecular flexibility index (Phi) is 6.36. The molecule has 0 saturated heterocycles. The molecule has 0 bridgehead atoms. The molecule has 0 saturated carbocycles. The number of rotatable bonds is 6. The van der Waals surface area contributed by atoms with Crippen LogP contribution in [0, 0.1) is 17.5 Å². The number of para-hydroxylation sites is 1. The molecule has 0 aliphatic heterocycles. The van der Waals surface area contributed by atoms with Gasteiger partial charge in [0, 0.05) is 6.08 Å². The number of furan rings is 1. The highest BCUT2D eigenvalue weighted by Crippen LogP contribution is 2.25. The van der Waals surface area contributed by atoms with Gasteiger partial charge in [-0.05, 0) is 49.4 Å². The number of anilines is 1. The van der Waals surface area contributed by atoms with Crippen LogP contribution in [0.1, 0.15) is 12.7 Å². The fourth-order valence-corrected chi connectivity index (χ4v) is 2.51. The molecular formula is C22H16F3NO4. The number of carbonyl (C=O) groups is 2. The van der Waals surface area contributed by atoms with Crippen LogP contribution in [-0.2, 0) is 14.3 Å². The smallest absolute Gasteiger partial charge is 0.331 e. The lowest BCUT2D eigenvalue weighted by Crippen LogP contribution is -2.30. The van der Waals surface area contributed by atoms with Gasteiger partial charge in [0.25, 0.3) is 5.91 Å². The van der Waals surface area contributed by atoms with Crippen LogP contribution in [0.3, 0.4) is 0 Å². The SMILES string of the molecule is C[C@@H](OC(=O)/C=C/c1ccc(-c2ccccc2F)o1)C(=O)Nc1c(F)cccc1F. The lowest BCUT2D eigenvalue weighted by Gasteiger charge is -2.13. The largest absolute Gasteiger partial charge is 0.457 e. The van der Waals surface area contributed by atoms with Crippen molar-refractivity contribution in [3.8, 4) is 11.3 Å². The van der Waals surface area contributed by atoms with Crippen LogP contribution in [0.25, 0.3) is 17.4 Å². The Labute approximate surface area is 169 Å². The molecule has 1 amide bonds. The number of hydrogen-bond donors (Lipinski definition) is 1. The molecule has 0 aliphatic rings. The fourth-order valence-electron chi connectivity index (χ4n) is 2.51. The van der Waals surface area contributed by atoms with Crippen LogP contribution in [-0.4, -0.2) is 18.0 Å². The first-order chi connectivity index (χ1) is 14.3. The Balaban J connectivity index is 1.59. The van der Waals surface area contributed by atoms with E-state index in [1.807, 2.05) is 5.32 Å². The van der Waals surface area contributed by atoms with E-state index < -0.39 is 41.1 Å².